The van der Waals surface area contributed by atoms with Crippen molar-refractivity contribution in [3.05, 3.63) is 17.2 Å². The third kappa shape index (κ3) is 12.4. The second-order valence-corrected chi connectivity index (χ2v) is 7.53. The van der Waals surface area contributed by atoms with E-state index in [1.165, 1.54) is 11.3 Å². The van der Waals surface area contributed by atoms with Gasteiger partial charge < -0.3 is 15.9 Å². The van der Waals surface area contributed by atoms with E-state index < -0.39 is 23.9 Å². The van der Waals surface area contributed by atoms with Crippen molar-refractivity contribution in [1.82, 2.24) is 10.2 Å². The molecule has 0 bridgehead atoms. The number of aromatic nitrogens is 2. The number of anilines is 1. The fourth-order valence-electron chi connectivity index (χ4n) is 1.40. The van der Waals surface area contributed by atoms with Gasteiger partial charge in [0.15, 0.2) is 0 Å². The lowest BCUT2D eigenvalue weighted by atomic mass is 10.1. The van der Waals surface area contributed by atoms with Crippen LogP contribution in [-0.4, -0.2) is 56.3 Å². The minimum Gasteiger partial charge on any atom is -0.480 e. The summed E-state index contributed by atoms with van der Waals surface area (Å²) in [6.07, 6.45) is 4.99. The molecule has 0 saturated heterocycles. The van der Waals surface area contributed by atoms with Crippen LogP contribution in [0.4, 0.5) is 5.13 Å². The molecule has 146 valence electrons. The number of hydrogen-bond acceptors (Lipinski definition) is 8. The van der Waals surface area contributed by atoms with Crippen molar-refractivity contribution in [3.63, 3.8) is 0 Å². The Morgan fingerprint density at radius 2 is 1.92 bits per heavy atom. The van der Waals surface area contributed by atoms with E-state index in [-0.39, 0.29) is 0 Å². The molecule has 0 radical (unpaired) electrons. The Kier molecular flexibility index (Phi) is 12.2. The smallest absolute Gasteiger partial charge is 0.328 e. The van der Waals surface area contributed by atoms with Crippen LogP contribution in [0.1, 0.15) is 25.3 Å². The lowest BCUT2D eigenvalue weighted by Crippen LogP contribution is -2.30. The third-order valence-electron chi connectivity index (χ3n) is 2.61. The molecule has 11 heteroatoms. The van der Waals surface area contributed by atoms with E-state index in [1.54, 1.807) is 11.8 Å². The maximum Gasteiger partial charge on any atom is 0.328 e. The summed E-state index contributed by atoms with van der Waals surface area (Å²) in [4.78, 5) is 31.5. The largest absolute Gasteiger partial charge is 0.480 e. The van der Waals surface area contributed by atoms with E-state index in [1.807, 2.05) is 6.26 Å². The summed E-state index contributed by atoms with van der Waals surface area (Å²) < 4.78 is 0. The number of nitrogens with zero attached hydrogens (tertiary/aromatic N) is 2. The predicted octanol–water partition coefficient (Wildman–Crippen LogP) is 1.47. The number of carbonyl (C=O) groups is 3. The first-order valence-electron chi connectivity index (χ1n) is 7.67. The van der Waals surface area contributed by atoms with Crippen molar-refractivity contribution in [1.29, 1.82) is 0 Å². The summed E-state index contributed by atoms with van der Waals surface area (Å²) in [5.41, 5.74) is 5.19. The number of nitrogens with one attached hydrogen (secondary N) is 1. The number of hydrogen-bond donors (Lipinski definition) is 4. The molecule has 1 rings (SSSR count). The van der Waals surface area contributed by atoms with Gasteiger partial charge in [-0.25, -0.2) is 4.79 Å². The van der Waals surface area contributed by atoms with Crippen molar-refractivity contribution < 1.29 is 24.6 Å². The molecule has 5 N–H and O–H groups in total. The fourth-order valence-corrected chi connectivity index (χ4v) is 2.84. The Bertz CT molecular complexity index is 619. The number of carbonyl (C=O) groups excluding carboxylic acids is 1. The number of amides is 1. The number of nitrogens with two attached hydrogens (primary N) is 1. The number of carboxylic acids is 2. The quantitative estimate of drug-likeness (QED) is 0.447. The summed E-state index contributed by atoms with van der Waals surface area (Å²) in [6, 6.07) is -0.683. The zero-order valence-electron chi connectivity index (χ0n) is 14.8. The summed E-state index contributed by atoms with van der Waals surface area (Å²) >= 11 is 2.89. The predicted molar refractivity (Wildman–Crippen MR) is 102 cm³/mol. The molecule has 0 fully saturated rings. The lowest BCUT2D eigenvalue weighted by molar-refractivity contribution is -0.138. The zero-order valence-corrected chi connectivity index (χ0v) is 16.5. The summed E-state index contributed by atoms with van der Waals surface area (Å²) in [7, 11) is 0. The van der Waals surface area contributed by atoms with Crippen LogP contribution in [0.5, 0.6) is 0 Å². The van der Waals surface area contributed by atoms with Gasteiger partial charge in [0.2, 0.25) is 11.0 Å². The van der Waals surface area contributed by atoms with Gasteiger partial charge in [-0.1, -0.05) is 25.2 Å². The van der Waals surface area contributed by atoms with Crippen LogP contribution < -0.4 is 11.1 Å². The highest BCUT2D eigenvalue weighted by Crippen LogP contribution is 2.18. The number of aliphatic carboxylic acids is 2. The SMILES string of the molecule is CC(C)Cc1nnc(NC(=O)/C=C/C(=O)O)s1.CSCCC(N)C(=O)O. The van der Waals surface area contributed by atoms with Gasteiger partial charge in [-0.2, -0.15) is 11.8 Å². The van der Waals surface area contributed by atoms with E-state index >= 15 is 0 Å². The van der Waals surface area contributed by atoms with Gasteiger partial charge in [0.05, 0.1) is 0 Å². The second kappa shape index (κ2) is 13.3. The maximum absolute atomic E-state index is 11.2. The van der Waals surface area contributed by atoms with Crippen LogP contribution in [0.3, 0.4) is 0 Å². The average molecular weight is 405 g/mol. The summed E-state index contributed by atoms with van der Waals surface area (Å²) in [5, 5.41) is 28.0. The highest BCUT2D eigenvalue weighted by molar-refractivity contribution is 7.98. The van der Waals surface area contributed by atoms with Gasteiger partial charge >= 0.3 is 11.9 Å². The van der Waals surface area contributed by atoms with Gasteiger partial charge in [-0.15, -0.1) is 10.2 Å². The molecule has 0 aromatic carbocycles. The third-order valence-corrected chi connectivity index (χ3v) is 4.11. The molecule has 0 aliphatic heterocycles. The molecular weight excluding hydrogens is 380 g/mol. The maximum atomic E-state index is 11.2. The van der Waals surface area contributed by atoms with E-state index in [9.17, 15) is 14.4 Å². The lowest BCUT2D eigenvalue weighted by Gasteiger charge is -2.02. The van der Waals surface area contributed by atoms with E-state index in [4.69, 9.17) is 15.9 Å². The van der Waals surface area contributed by atoms with Crippen molar-refractivity contribution in [2.24, 2.45) is 11.7 Å². The standard InChI is InChI=1S/C10H13N3O3S.C5H11NO2S/c1-6(2)5-8-12-13-10(17-8)11-7(14)3-4-9(15)16;1-9-3-2-4(6)5(7)8/h3-4,6H,5H2,1-2H3,(H,15,16)(H,11,13,14);4H,2-3,6H2,1H3,(H,7,8)/b4-3+;. The van der Waals surface area contributed by atoms with Crippen molar-refractivity contribution in [2.75, 3.05) is 17.3 Å². The first-order chi connectivity index (χ1) is 12.1. The van der Waals surface area contributed by atoms with E-state index in [2.05, 4.69) is 29.4 Å². The van der Waals surface area contributed by atoms with Gasteiger partial charge in [0.25, 0.3) is 0 Å². The Morgan fingerprint density at radius 1 is 1.27 bits per heavy atom. The first-order valence-corrected chi connectivity index (χ1v) is 9.88. The molecule has 9 nitrogen and oxygen atoms in total. The normalized spacial score (nSPS) is 11.7. The van der Waals surface area contributed by atoms with E-state index in [0.29, 0.717) is 17.5 Å². The van der Waals surface area contributed by atoms with Gasteiger partial charge in [0, 0.05) is 18.6 Å². The molecule has 0 spiro atoms. The zero-order chi connectivity index (χ0) is 20.1. The van der Waals surface area contributed by atoms with Crippen LogP contribution in [-0.2, 0) is 20.8 Å². The molecule has 1 atom stereocenters. The average Bonchev–Trinajstić information content (AvgIpc) is 2.97. The van der Waals surface area contributed by atoms with Crippen molar-refractivity contribution >= 4 is 46.1 Å². The van der Waals surface area contributed by atoms with Crippen LogP contribution in [0.25, 0.3) is 0 Å². The second-order valence-electron chi connectivity index (χ2n) is 5.49. The molecule has 1 aromatic rings. The monoisotopic (exact) mass is 404 g/mol. The Labute approximate surface area is 160 Å². The molecule has 0 aliphatic carbocycles. The Morgan fingerprint density at radius 3 is 2.42 bits per heavy atom. The fraction of sp³-hybridized carbons (Fsp3) is 0.533. The molecule has 1 aromatic heterocycles. The van der Waals surface area contributed by atoms with Crippen molar-refractivity contribution in [2.45, 2.75) is 32.7 Å². The Hall–Kier alpha value is -1.98. The first kappa shape index (κ1) is 24.0. The number of carboxylic acid groups (broad SMARTS) is 2. The molecule has 1 unspecified atom stereocenters. The minimum atomic E-state index is -1.17. The van der Waals surface area contributed by atoms with Gasteiger partial charge in [-0.05, 0) is 24.3 Å². The van der Waals surface area contributed by atoms with Crippen LogP contribution >= 0.6 is 23.1 Å². The summed E-state index contributed by atoms with van der Waals surface area (Å²) in [6.45, 7) is 4.13. The molecule has 0 aliphatic rings. The molecule has 26 heavy (non-hydrogen) atoms. The number of thioether (sulfide) groups is 1. The van der Waals surface area contributed by atoms with Gasteiger partial charge in [-0.3, -0.25) is 14.9 Å². The molecular formula is C15H24N4O5S2. The molecule has 1 heterocycles. The topological polar surface area (TPSA) is 156 Å². The van der Waals surface area contributed by atoms with Crippen molar-refractivity contribution in [3.8, 4) is 0 Å². The molecule has 0 saturated carbocycles. The Balaban J connectivity index is 0.000000590. The highest BCUT2D eigenvalue weighted by atomic mass is 32.2. The summed E-state index contributed by atoms with van der Waals surface area (Å²) in [5.74, 6) is -1.33. The minimum absolute atomic E-state index is 0.376. The highest BCUT2D eigenvalue weighted by Gasteiger charge is 2.09. The number of rotatable bonds is 9. The van der Waals surface area contributed by atoms with Crippen LogP contribution in [0.15, 0.2) is 12.2 Å². The van der Waals surface area contributed by atoms with Crippen LogP contribution in [0, 0.1) is 5.92 Å². The van der Waals surface area contributed by atoms with E-state index in [0.717, 1.165) is 29.3 Å². The molecule has 1 amide bonds. The van der Waals surface area contributed by atoms with Crippen LogP contribution in [0.2, 0.25) is 0 Å². The van der Waals surface area contributed by atoms with Gasteiger partial charge in [0.1, 0.15) is 11.0 Å².